The van der Waals surface area contributed by atoms with Gasteiger partial charge in [-0.15, -0.1) is 0 Å². The molecule has 0 atom stereocenters. The van der Waals surface area contributed by atoms with E-state index in [1.165, 1.54) is 12.1 Å². The zero-order chi connectivity index (χ0) is 35.6. The Labute approximate surface area is 294 Å². The Kier molecular flexibility index (Phi) is 12.6. The number of aryl methyl sites for hydroxylation is 2. The van der Waals surface area contributed by atoms with Crippen LogP contribution in [-0.2, 0) is 48.4 Å². The van der Waals surface area contributed by atoms with Gasteiger partial charge in [-0.05, 0) is 61.1 Å². The van der Waals surface area contributed by atoms with Crippen molar-refractivity contribution in [2.24, 2.45) is 0 Å². The van der Waals surface area contributed by atoms with Gasteiger partial charge in [0.2, 0.25) is 0 Å². The number of aromatic nitrogens is 8. The van der Waals surface area contributed by atoms with E-state index in [-0.39, 0.29) is 45.4 Å². The minimum absolute atomic E-state index is 0.0862. The molecular formula is C34H32Cl2F2N8O4. The van der Waals surface area contributed by atoms with E-state index in [0.717, 1.165) is 22.5 Å². The number of rotatable bonds is 12. The Balaban J connectivity index is 0.000000194. The Morgan fingerprint density at radius 1 is 0.660 bits per heavy atom. The minimum atomic E-state index is -0.448. The second-order valence-corrected chi connectivity index (χ2v) is 11.7. The summed E-state index contributed by atoms with van der Waals surface area (Å²) in [5.74, 6) is -0.130. The summed E-state index contributed by atoms with van der Waals surface area (Å²) >= 11 is 11.5. The van der Waals surface area contributed by atoms with Crippen molar-refractivity contribution < 1.29 is 18.3 Å². The first-order chi connectivity index (χ1) is 24.1. The Hall–Kier alpha value is -4.76. The number of ether oxygens (including phenoxy) is 2. The average molecular weight is 726 g/mol. The van der Waals surface area contributed by atoms with Crippen molar-refractivity contribution in [2.45, 2.75) is 52.7 Å². The molecule has 50 heavy (non-hydrogen) atoms. The van der Waals surface area contributed by atoms with Crippen molar-refractivity contribution in [2.75, 3.05) is 13.2 Å². The molecule has 0 bridgehead atoms. The van der Waals surface area contributed by atoms with E-state index in [2.05, 4.69) is 39.9 Å². The number of H-pyrrole nitrogens is 2. The third-order valence-electron chi connectivity index (χ3n) is 7.27. The molecule has 0 amide bonds. The summed E-state index contributed by atoms with van der Waals surface area (Å²) in [7, 11) is 0. The third kappa shape index (κ3) is 9.69. The minimum Gasteiger partial charge on any atom is -0.373 e. The van der Waals surface area contributed by atoms with E-state index in [1.54, 1.807) is 36.7 Å². The van der Waals surface area contributed by atoms with Crippen LogP contribution in [0.1, 0.15) is 48.0 Å². The summed E-state index contributed by atoms with van der Waals surface area (Å²) in [6, 6.07) is 9.09. The van der Waals surface area contributed by atoms with Gasteiger partial charge in [0.1, 0.15) is 36.5 Å². The second-order valence-electron chi connectivity index (χ2n) is 10.9. The molecule has 0 aliphatic heterocycles. The highest BCUT2D eigenvalue weighted by Crippen LogP contribution is 2.17. The molecule has 6 aromatic rings. The van der Waals surface area contributed by atoms with Gasteiger partial charge in [-0.25, -0.2) is 38.7 Å². The van der Waals surface area contributed by atoms with Crippen LogP contribution in [0.3, 0.4) is 0 Å². The van der Waals surface area contributed by atoms with Crippen LogP contribution in [0, 0.1) is 11.6 Å². The zero-order valence-corrected chi connectivity index (χ0v) is 28.6. The lowest BCUT2D eigenvalue weighted by molar-refractivity contribution is 0.118. The van der Waals surface area contributed by atoms with E-state index in [4.69, 9.17) is 32.7 Å². The molecule has 0 radical (unpaired) electrons. The number of aromatic amines is 2. The van der Waals surface area contributed by atoms with Gasteiger partial charge in [0.15, 0.2) is 22.3 Å². The van der Waals surface area contributed by atoms with Crippen molar-refractivity contribution >= 4 is 45.5 Å². The van der Waals surface area contributed by atoms with Crippen LogP contribution < -0.4 is 11.1 Å². The van der Waals surface area contributed by atoms with Gasteiger partial charge < -0.3 is 19.4 Å². The summed E-state index contributed by atoms with van der Waals surface area (Å²) < 4.78 is 37.3. The fraction of sp³-hybridized carbons (Fsp3) is 0.294. The molecule has 0 fully saturated rings. The summed E-state index contributed by atoms with van der Waals surface area (Å²) in [6.45, 7) is 4.91. The lowest BCUT2D eigenvalue weighted by Gasteiger charge is -2.06. The van der Waals surface area contributed by atoms with Crippen LogP contribution in [0.2, 0.25) is 10.0 Å². The molecule has 16 heteroatoms. The van der Waals surface area contributed by atoms with Gasteiger partial charge in [0.05, 0.1) is 47.0 Å². The first kappa shape index (κ1) is 36.5. The molecule has 0 saturated heterocycles. The SMILES string of the molecule is CCc1cnc2nc(COCCc3ccc(F)c(Cl)c3)[nH]c(=O)c2n1.CCc1cnc2nc(COCCc3ccc(F)c(Cl)c3)[nH]c(=O)c2n1. The van der Waals surface area contributed by atoms with Crippen LogP contribution in [0.25, 0.3) is 22.3 Å². The van der Waals surface area contributed by atoms with Gasteiger partial charge in [-0.1, -0.05) is 49.2 Å². The second kappa shape index (κ2) is 17.3. The lowest BCUT2D eigenvalue weighted by atomic mass is 10.1. The van der Waals surface area contributed by atoms with E-state index < -0.39 is 11.6 Å². The molecule has 0 aliphatic rings. The molecule has 4 aromatic heterocycles. The fourth-order valence-electron chi connectivity index (χ4n) is 4.58. The monoisotopic (exact) mass is 724 g/mol. The molecule has 6 rings (SSSR count). The molecule has 0 saturated carbocycles. The van der Waals surface area contributed by atoms with Gasteiger partial charge in [-0.3, -0.25) is 9.59 Å². The predicted octanol–water partition coefficient (Wildman–Crippen LogP) is 5.65. The molecule has 2 N–H and O–H groups in total. The molecule has 0 unspecified atom stereocenters. The number of hydrogen-bond acceptors (Lipinski definition) is 10. The maximum absolute atomic E-state index is 13.1. The van der Waals surface area contributed by atoms with E-state index in [0.29, 0.717) is 61.8 Å². The molecule has 12 nitrogen and oxygen atoms in total. The highest BCUT2D eigenvalue weighted by molar-refractivity contribution is 6.31. The maximum atomic E-state index is 13.1. The lowest BCUT2D eigenvalue weighted by Crippen LogP contribution is -2.16. The first-order valence-corrected chi connectivity index (χ1v) is 16.4. The van der Waals surface area contributed by atoms with Crippen molar-refractivity contribution in [3.05, 3.63) is 125 Å². The normalized spacial score (nSPS) is 11.2. The van der Waals surface area contributed by atoms with Gasteiger partial charge in [0.25, 0.3) is 11.1 Å². The van der Waals surface area contributed by atoms with Crippen molar-refractivity contribution in [1.82, 2.24) is 39.9 Å². The Morgan fingerprint density at radius 2 is 1.08 bits per heavy atom. The highest BCUT2D eigenvalue weighted by Gasteiger charge is 2.10. The van der Waals surface area contributed by atoms with Crippen LogP contribution in [-0.4, -0.2) is 53.1 Å². The van der Waals surface area contributed by atoms with E-state index in [9.17, 15) is 18.4 Å². The largest absolute Gasteiger partial charge is 0.373 e. The van der Waals surface area contributed by atoms with E-state index >= 15 is 0 Å². The summed E-state index contributed by atoms with van der Waals surface area (Å²) in [6.07, 6.45) is 5.74. The number of hydrogen-bond donors (Lipinski definition) is 2. The molecule has 2 aromatic carbocycles. The first-order valence-electron chi connectivity index (χ1n) is 15.7. The van der Waals surface area contributed by atoms with Crippen LogP contribution in [0.15, 0.2) is 58.4 Å². The molecule has 4 heterocycles. The standard InChI is InChI=1S/2C17H16ClFN4O2/c2*1-2-11-8-20-16-15(21-11)17(24)23-14(22-16)9-25-6-5-10-3-4-13(19)12(18)7-10/h2*3-4,7-8H,2,5-6,9H2,1H3,(H,20,22,23,24). The molecule has 260 valence electrons. The maximum Gasteiger partial charge on any atom is 0.279 e. The van der Waals surface area contributed by atoms with Gasteiger partial charge in [-0.2, -0.15) is 0 Å². The molecule has 0 spiro atoms. The molecular weight excluding hydrogens is 693 g/mol. The quantitative estimate of drug-likeness (QED) is 0.151. The van der Waals surface area contributed by atoms with Crippen LogP contribution in [0.5, 0.6) is 0 Å². The fourth-order valence-corrected chi connectivity index (χ4v) is 4.99. The number of halogens is 4. The predicted molar refractivity (Wildman–Crippen MR) is 184 cm³/mol. The third-order valence-corrected chi connectivity index (χ3v) is 7.85. The number of nitrogens with one attached hydrogen (secondary N) is 2. The topological polar surface area (TPSA) is 162 Å². The zero-order valence-electron chi connectivity index (χ0n) is 27.1. The van der Waals surface area contributed by atoms with Crippen molar-refractivity contribution in [3.63, 3.8) is 0 Å². The van der Waals surface area contributed by atoms with E-state index in [1.807, 2.05) is 13.8 Å². The number of fused-ring (bicyclic) bond motifs is 2. The van der Waals surface area contributed by atoms with Gasteiger partial charge in [0, 0.05) is 0 Å². The van der Waals surface area contributed by atoms with Crippen molar-refractivity contribution in [3.8, 4) is 0 Å². The summed E-state index contributed by atoms with van der Waals surface area (Å²) in [5.41, 5.74) is 3.58. The number of benzene rings is 2. The van der Waals surface area contributed by atoms with Crippen LogP contribution >= 0.6 is 23.2 Å². The smallest absolute Gasteiger partial charge is 0.279 e. The van der Waals surface area contributed by atoms with Crippen molar-refractivity contribution in [1.29, 1.82) is 0 Å². The summed E-state index contributed by atoms with van der Waals surface area (Å²) in [4.78, 5) is 54.8. The Bertz CT molecular complexity index is 2080. The van der Waals surface area contributed by atoms with Crippen LogP contribution in [0.4, 0.5) is 8.78 Å². The average Bonchev–Trinajstić information content (AvgIpc) is 3.11. The Morgan fingerprint density at radius 3 is 1.46 bits per heavy atom. The number of nitrogens with zero attached hydrogens (tertiary/aromatic N) is 6. The molecule has 0 aliphatic carbocycles. The summed E-state index contributed by atoms with van der Waals surface area (Å²) in [5, 5.41) is 0.172. The highest BCUT2D eigenvalue weighted by atomic mass is 35.5. The van der Waals surface area contributed by atoms with Gasteiger partial charge >= 0.3 is 0 Å².